The van der Waals surface area contributed by atoms with E-state index in [9.17, 15) is 4.79 Å². The molecule has 1 aliphatic heterocycles. The van der Waals surface area contributed by atoms with Gasteiger partial charge >= 0.3 is 0 Å². The number of furan rings is 1. The lowest BCUT2D eigenvalue weighted by Gasteiger charge is -2.35. The number of methoxy groups -OCH3 is 1. The van der Waals surface area contributed by atoms with Crippen LogP contribution < -0.4 is 14.4 Å². The van der Waals surface area contributed by atoms with Crippen LogP contribution in [0.4, 0.5) is 5.69 Å². The number of ether oxygens (including phenoxy) is 2. The standard InChI is InChI=1S/C33H37N3O4/c1-3-39-30-13-9-27(10-14-30)24-34(23-26-7-5-4-6-8-26)25-31-17-18-32(40-31)33(37)36-21-19-35(20-22-36)28-11-15-29(38-2)16-12-28/h4-18H,3,19-25H2,1-2H3. The minimum atomic E-state index is -0.0539. The Balaban J connectivity index is 1.21. The number of hydrogen-bond donors (Lipinski definition) is 0. The van der Waals surface area contributed by atoms with Crippen LogP contribution in [-0.2, 0) is 19.6 Å². The summed E-state index contributed by atoms with van der Waals surface area (Å²) in [5.41, 5.74) is 3.56. The second-order valence-corrected chi connectivity index (χ2v) is 9.95. The third kappa shape index (κ3) is 7.04. The zero-order valence-electron chi connectivity index (χ0n) is 23.3. The molecule has 0 radical (unpaired) electrons. The molecule has 0 unspecified atom stereocenters. The molecule has 0 atom stereocenters. The average molecular weight is 540 g/mol. The van der Waals surface area contributed by atoms with Gasteiger partial charge in [0, 0.05) is 45.0 Å². The predicted octanol–water partition coefficient (Wildman–Crippen LogP) is 5.85. The summed E-state index contributed by atoms with van der Waals surface area (Å²) in [6, 6.07) is 30.4. The molecule has 0 aliphatic carbocycles. The van der Waals surface area contributed by atoms with Crippen molar-refractivity contribution in [2.45, 2.75) is 26.6 Å². The molecule has 1 fully saturated rings. The molecule has 0 spiro atoms. The van der Waals surface area contributed by atoms with Crippen molar-refractivity contribution in [1.29, 1.82) is 0 Å². The third-order valence-corrected chi connectivity index (χ3v) is 7.15. The summed E-state index contributed by atoms with van der Waals surface area (Å²) in [4.78, 5) is 19.8. The summed E-state index contributed by atoms with van der Waals surface area (Å²) in [5.74, 6) is 2.84. The van der Waals surface area contributed by atoms with Gasteiger partial charge in [-0.3, -0.25) is 9.69 Å². The summed E-state index contributed by atoms with van der Waals surface area (Å²) in [5, 5.41) is 0. The van der Waals surface area contributed by atoms with E-state index in [0.29, 0.717) is 32.0 Å². The van der Waals surface area contributed by atoms with Crippen molar-refractivity contribution in [2.75, 3.05) is 44.8 Å². The van der Waals surface area contributed by atoms with Crippen molar-refractivity contribution in [3.05, 3.63) is 114 Å². The Labute approximate surface area is 236 Å². The second-order valence-electron chi connectivity index (χ2n) is 9.95. The number of carbonyl (C=O) groups excluding carboxylic acids is 1. The molecular formula is C33H37N3O4. The maximum absolute atomic E-state index is 13.3. The van der Waals surface area contributed by atoms with Gasteiger partial charge in [0.25, 0.3) is 5.91 Å². The third-order valence-electron chi connectivity index (χ3n) is 7.15. The van der Waals surface area contributed by atoms with Crippen LogP contribution in [0.2, 0.25) is 0 Å². The number of carbonyl (C=O) groups is 1. The first-order chi connectivity index (χ1) is 19.6. The lowest BCUT2D eigenvalue weighted by atomic mass is 10.1. The van der Waals surface area contributed by atoms with E-state index in [1.54, 1.807) is 7.11 Å². The summed E-state index contributed by atoms with van der Waals surface area (Å²) in [6.07, 6.45) is 0. The van der Waals surface area contributed by atoms with Crippen molar-refractivity contribution in [1.82, 2.24) is 9.80 Å². The number of rotatable bonds is 11. The fourth-order valence-electron chi connectivity index (χ4n) is 5.04. The topological polar surface area (TPSA) is 58.4 Å². The zero-order chi connectivity index (χ0) is 27.7. The predicted molar refractivity (Wildman–Crippen MR) is 157 cm³/mol. The Morgan fingerprint density at radius 3 is 2.08 bits per heavy atom. The molecule has 0 N–H and O–H groups in total. The highest BCUT2D eigenvalue weighted by Gasteiger charge is 2.25. The van der Waals surface area contributed by atoms with Gasteiger partial charge in [0.2, 0.25) is 0 Å². The largest absolute Gasteiger partial charge is 0.497 e. The van der Waals surface area contributed by atoms with Crippen LogP contribution in [-0.4, -0.2) is 55.6 Å². The molecule has 1 aliphatic rings. The highest BCUT2D eigenvalue weighted by atomic mass is 16.5. The van der Waals surface area contributed by atoms with Crippen LogP contribution >= 0.6 is 0 Å². The summed E-state index contributed by atoms with van der Waals surface area (Å²) < 4.78 is 17.0. The maximum Gasteiger partial charge on any atom is 0.289 e. The first-order valence-electron chi connectivity index (χ1n) is 13.9. The van der Waals surface area contributed by atoms with E-state index in [1.807, 2.05) is 54.3 Å². The molecule has 5 rings (SSSR count). The van der Waals surface area contributed by atoms with Crippen LogP contribution in [0.3, 0.4) is 0 Å². The van der Waals surface area contributed by atoms with Crippen LogP contribution in [0.5, 0.6) is 11.5 Å². The van der Waals surface area contributed by atoms with Gasteiger partial charge in [-0.15, -0.1) is 0 Å². The van der Waals surface area contributed by atoms with Gasteiger partial charge in [0.05, 0.1) is 20.3 Å². The van der Waals surface area contributed by atoms with E-state index in [0.717, 1.165) is 49.1 Å². The summed E-state index contributed by atoms with van der Waals surface area (Å²) in [6.45, 7) is 7.61. The number of nitrogens with zero attached hydrogens (tertiary/aromatic N) is 3. The van der Waals surface area contributed by atoms with Crippen molar-refractivity contribution in [3.8, 4) is 11.5 Å². The molecule has 0 saturated carbocycles. The number of anilines is 1. The zero-order valence-corrected chi connectivity index (χ0v) is 23.3. The summed E-state index contributed by atoms with van der Waals surface area (Å²) in [7, 11) is 1.67. The average Bonchev–Trinajstić information content (AvgIpc) is 3.47. The van der Waals surface area contributed by atoms with Gasteiger partial charge in [-0.2, -0.15) is 0 Å². The molecule has 4 aromatic rings. The SMILES string of the molecule is CCOc1ccc(CN(Cc2ccccc2)Cc2ccc(C(=O)N3CCN(c4ccc(OC)cc4)CC3)o2)cc1. The number of hydrogen-bond acceptors (Lipinski definition) is 6. The maximum atomic E-state index is 13.3. The molecule has 3 aromatic carbocycles. The molecule has 208 valence electrons. The van der Waals surface area contributed by atoms with Gasteiger partial charge < -0.3 is 23.7 Å². The van der Waals surface area contributed by atoms with Gasteiger partial charge in [-0.05, 0) is 66.6 Å². The fourth-order valence-corrected chi connectivity index (χ4v) is 5.04. The van der Waals surface area contributed by atoms with E-state index in [2.05, 4.69) is 58.3 Å². The van der Waals surface area contributed by atoms with E-state index in [1.165, 1.54) is 11.1 Å². The number of benzene rings is 3. The minimum Gasteiger partial charge on any atom is -0.497 e. The number of piperazine rings is 1. The van der Waals surface area contributed by atoms with Crippen LogP contribution in [0.15, 0.2) is 95.4 Å². The Morgan fingerprint density at radius 2 is 1.43 bits per heavy atom. The lowest BCUT2D eigenvalue weighted by Crippen LogP contribution is -2.48. The molecule has 40 heavy (non-hydrogen) atoms. The van der Waals surface area contributed by atoms with Crippen molar-refractivity contribution in [2.24, 2.45) is 0 Å². The Bertz CT molecular complexity index is 1340. The molecule has 7 nitrogen and oxygen atoms in total. The molecule has 7 heteroatoms. The van der Waals surface area contributed by atoms with Gasteiger partial charge in [-0.25, -0.2) is 0 Å². The monoisotopic (exact) mass is 539 g/mol. The van der Waals surface area contributed by atoms with Crippen molar-refractivity contribution >= 4 is 11.6 Å². The molecule has 2 heterocycles. The molecule has 0 bridgehead atoms. The first kappa shape index (κ1) is 27.3. The van der Waals surface area contributed by atoms with E-state index < -0.39 is 0 Å². The van der Waals surface area contributed by atoms with Gasteiger partial charge in [0.1, 0.15) is 17.3 Å². The van der Waals surface area contributed by atoms with Crippen LogP contribution in [0.25, 0.3) is 0 Å². The molecule has 1 amide bonds. The number of amides is 1. The van der Waals surface area contributed by atoms with E-state index in [4.69, 9.17) is 13.9 Å². The Hall–Kier alpha value is -4.23. The normalized spacial score (nSPS) is 13.5. The van der Waals surface area contributed by atoms with E-state index in [-0.39, 0.29) is 5.91 Å². The Morgan fingerprint density at radius 1 is 0.775 bits per heavy atom. The second kappa shape index (κ2) is 13.2. The molecule has 1 saturated heterocycles. The van der Waals surface area contributed by atoms with E-state index >= 15 is 0 Å². The van der Waals surface area contributed by atoms with Gasteiger partial charge in [-0.1, -0.05) is 42.5 Å². The van der Waals surface area contributed by atoms with Crippen molar-refractivity contribution in [3.63, 3.8) is 0 Å². The smallest absolute Gasteiger partial charge is 0.289 e. The minimum absolute atomic E-state index is 0.0539. The summed E-state index contributed by atoms with van der Waals surface area (Å²) >= 11 is 0. The lowest BCUT2D eigenvalue weighted by molar-refractivity contribution is 0.0710. The first-order valence-corrected chi connectivity index (χ1v) is 13.9. The van der Waals surface area contributed by atoms with Crippen molar-refractivity contribution < 1.29 is 18.7 Å². The molecule has 1 aromatic heterocycles. The highest BCUT2D eigenvalue weighted by molar-refractivity contribution is 5.91. The van der Waals surface area contributed by atoms with Crippen LogP contribution in [0.1, 0.15) is 34.4 Å². The Kier molecular flexibility index (Phi) is 9.04. The molecular weight excluding hydrogens is 502 g/mol. The van der Waals surface area contributed by atoms with Gasteiger partial charge in [0.15, 0.2) is 5.76 Å². The highest BCUT2D eigenvalue weighted by Crippen LogP contribution is 2.22. The quantitative estimate of drug-likeness (QED) is 0.238. The van der Waals surface area contributed by atoms with Crippen LogP contribution in [0, 0.1) is 0 Å². The fraction of sp³-hybridized carbons (Fsp3) is 0.303.